The number of aryl methyl sites for hydroxylation is 1. The van der Waals surface area contributed by atoms with E-state index >= 15 is 0 Å². The molecule has 2 aromatic heterocycles. The number of aromatic nitrogens is 2. The fourth-order valence-electron chi connectivity index (χ4n) is 2.93. The number of pyridine rings is 1. The summed E-state index contributed by atoms with van der Waals surface area (Å²) in [5.41, 5.74) is 2.82. The minimum atomic E-state index is -0.0331. The monoisotopic (exact) mass is 313 g/mol. The molecule has 5 nitrogen and oxygen atoms in total. The topological polar surface area (TPSA) is 56.2 Å². The molecular formula is C18H23N3O2. The summed E-state index contributed by atoms with van der Waals surface area (Å²) in [6, 6.07) is 5.87. The van der Waals surface area contributed by atoms with Crippen LogP contribution in [0.25, 0.3) is 11.1 Å². The molecule has 5 heteroatoms. The molecule has 23 heavy (non-hydrogen) atoms. The zero-order chi connectivity index (χ0) is 16.1. The molecule has 0 bridgehead atoms. The molecule has 3 rings (SSSR count). The number of nitrogens with zero attached hydrogens (tertiary/aromatic N) is 2. The molecule has 0 aliphatic carbocycles. The molecule has 0 saturated carbocycles. The minimum absolute atomic E-state index is 0.0331. The second kappa shape index (κ2) is 7.42. The summed E-state index contributed by atoms with van der Waals surface area (Å²) in [6.07, 6.45) is 8.83. The van der Waals surface area contributed by atoms with Gasteiger partial charge in [-0.1, -0.05) is 6.92 Å². The maximum absolute atomic E-state index is 12.5. The van der Waals surface area contributed by atoms with Gasteiger partial charge in [0.2, 0.25) is 0 Å². The average Bonchev–Trinajstić information content (AvgIpc) is 3.23. The molecule has 0 unspecified atom stereocenters. The molecule has 2 aromatic rings. The first-order chi connectivity index (χ1) is 11.3. The van der Waals surface area contributed by atoms with Crippen molar-refractivity contribution in [3.05, 3.63) is 42.5 Å². The van der Waals surface area contributed by atoms with E-state index in [1.54, 1.807) is 12.4 Å². The summed E-state index contributed by atoms with van der Waals surface area (Å²) >= 11 is 0. The Hall–Kier alpha value is -2.14. The van der Waals surface area contributed by atoms with Crippen LogP contribution in [0.4, 0.5) is 0 Å². The summed E-state index contributed by atoms with van der Waals surface area (Å²) < 4.78 is 7.59. The van der Waals surface area contributed by atoms with Crippen molar-refractivity contribution in [3.8, 4) is 11.1 Å². The van der Waals surface area contributed by atoms with E-state index in [0.717, 1.165) is 43.5 Å². The van der Waals surface area contributed by atoms with E-state index in [0.29, 0.717) is 12.2 Å². The van der Waals surface area contributed by atoms with Gasteiger partial charge in [0.25, 0.3) is 5.91 Å². The summed E-state index contributed by atoms with van der Waals surface area (Å²) in [6.45, 7) is 4.33. The summed E-state index contributed by atoms with van der Waals surface area (Å²) in [7, 11) is 0. The van der Waals surface area contributed by atoms with Crippen LogP contribution in [0.3, 0.4) is 0 Å². The number of hydrogen-bond donors (Lipinski definition) is 1. The van der Waals surface area contributed by atoms with E-state index in [-0.39, 0.29) is 12.0 Å². The van der Waals surface area contributed by atoms with Crippen LogP contribution >= 0.6 is 0 Å². The maximum atomic E-state index is 12.5. The summed E-state index contributed by atoms with van der Waals surface area (Å²) in [4.78, 5) is 16.6. The first kappa shape index (κ1) is 15.7. The van der Waals surface area contributed by atoms with Gasteiger partial charge in [-0.05, 0) is 43.0 Å². The van der Waals surface area contributed by atoms with Gasteiger partial charge in [0, 0.05) is 43.9 Å². The molecular weight excluding hydrogens is 290 g/mol. The predicted molar refractivity (Wildman–Crippen MR) is 89.3 cm³/mol. The third-order valence-corrected chi connectivity index (χ3v) is 4.12. The Morgan fingerprint density at radius 1 is 1.39 bits per heavy atom. The van der Waals surface area contributed by atoms with E-state index < -0.39 is 0 Å². The molecule has 0 aromatic carbocycles. The predicted octanol–water partition coefficient (Wildman–Crippen LogP) is 2.87. The molecule has 3 heterocycles. The lowest BCUT2D eigenvalue weighted by atomic mass is 10.1. The van der Waals surface area contributed by atoms with E-state index in [1.807, 2.05) is 29.0 Å². The average molecular weight is 313 g/mol. The van der Waals surface area contributed by atoms with Crippen molar-refractivity contribution in [1.29, 1.82) is 0 Å². The van der Waals surface area contributed by atoms with Crippen molar-refractivity contribution in [2.75, 3.05) is 13.2 Å². The number of amides is 1. The normalized spacial score (nSPS) is 17.3. The van der Waals surface area contributed by atoms with Gasteiger partial charge in [0.05, 0.1) is 6.10 Å². The Balaban J connectivity index is 1.76. The quantitative estimate of drug-likeness (QED) is 0.892. The van der Waals surface area contributed by atoms with Crippen LogP contribution in [0.15, 0.2) is 36.8 Å². The van der Waals surface area contributed by atoms with Gasteiger partial charge in [0.1, 0.15) is 5.69 Å². The lowest BCUT2D eigenvalue weighted by Gasteiger charge is -2.12. The number of ether oxygens (including phenoxy) is 1. The minimum Gasteiger partial charge on any atom is -0.376 e. The van der Waals surface area contributed by atoms with Crippen LogP contribution in [-0.2, 0) is 11.3 Å². The Morgan fingerprint density at radius 2 is 2.22 bits per heavy atom. The molecule has 0 spiro atoms. The third kappa shape index (κ3) is 3.79. The van der Waals surface area contributed by atoms with Gasteiger partial charge in [-0.3, -0.25) is 9.78 Å². The first-order valence-corrected chi connectivity index (χ1v) is 8.28. The number of hydrogen-bond acceptors (Lipinski definition) is 3. The Morgan fingerprint density at radius 3 is 2.91 bits per heavy atom. The zero-order valence-electron chi connectivity index (χ0n) is 13.5. The lowest BCUT2D eigenvalue weighted by molar-refractivity contribution is 0.0850. The molecule has 1 aliphatic heterocycles. The van der Waals surface area contributed by atoms with Crippen molar-refractivity contribution >= 4 is 5.91 Å². The lowest BCUT2D eigenvalue weighted by Crippen LogP contribution is -2.33. The third-order valence-electron chi connectivity index (χ3n) is 4.12. The molecule has 1 N–H and O–H groups in total. The van der Waals surface area contributed by atoms with E-state index in [1.165, 1.54) is 0 Å². The number of carbonyl (C=O) groups is 1. The van der Waals surface area contributed by atoms with Crippen LogP contribution in [0.5, 0.6) is 0 Å². The Kier molecular flexibility index (Phi) is 5.08. The fraction of sp³-hybridized carbons (Fsp3) is 0.444. The van der Waals surface area contributed by atoms with Crippen molar-refractivity contribution in [2.45, 2.75) is 38.8 Å². The molecule has 0 radical (unpaired) electrons. The van der Waals surface area contributed by atoms with E-state index in [9.17, 15) is 4.79 Å². The van der Waals surface area contributed by atoms with Crippen LogP contribution in [0.1, 0.15) is 36.7 Å². The van der Waals surface area contributed by atoms with E-state index in [4.69, 9.17) is 4.74 Å². The standard InChI is InChI=1S/C18H23N3O2/c1-2-9-21-13-15(14-5-7-19-8-6-14)11-17(21)18(22)20-12-16-4-3-10-23-16/h5-8,11,13,16H,2-4,9-10,12H2,1H3,(H,20,22)/t16-/m0/s1. The molecule has 1 aliphatic rings. The molecule has 1 saturated heterocycles. The first-order valence-electron chi connectivity index (χ1n) is 8.28. The van der Waals surface area contributed by atoms with Crippen molar-refractivity contribution in [3.63, 3.8) is 0 Å². The van der Waals surface area contributed by atoms with Crippen LogP contribution in [0.2, 0.25) is 0 Å². The highest BCUT2D eigenvalue weighted by molar-refractivity contribution is 5.94. The number of carbonyl (C=O) groups excluding carboxylic acids is 1. The fourth-order valence-corrected chi connectivity index (χ4v) is 2.93. The van der Waals surface area contributed by atoms with Crippen molar-refractivity contribution < 1.29 is 9.53 Å². The van der Waals surface area contributed by atoms with E-state index in [2.05, 4.69) is 17.2 Å². The van der Waals surface area contributed by atoms with Gasteiger partial charge in [-0.25, -0.2) is 0 Å². The highest BCUT2D eigenvalue weighted by atomic mass is 16.5. The largest absolute Gasteiger partial charge is 0.376 e. The number of rotatable bonds is 6. The Labute approximate surface area is 136 Å². The summed E-state index contributed by atoms with van der Waals surface area (Å²) in [5, 5.41) is 3.01. The molecule has 1 atom stereocenters. The molecule has 122 valence electrons. The van der Waals surface area contributed by atoms with Crippen molar-refractivity contribution in [2.24, 2.45) is 0 Å². The SMILES string of the molecule is CCCn1cc(-c2ccncc2)cc1C(=O)NC[C@@H]1CCCO1. The highest BCUT2D eigenvalue weighted by Crippen LogP contribution is 2.22. The van der Waals surface area contributed by atoms with Crippen LogP contribution < -0.4 is 5.32 Å². The van der Waals surface area contributed by atoms with Gasteiger partial charge >= 0.3 is 0 Å². The second-order valence-electron chi connectivity index (χ2n) is 5.89. The van der Waals surface area contributed by atoms with Crippen LogP contribution in [0, 0.1) is 0 Å². The van der Waals surface area contributed by atoms with Gasteiger partial charge < -0.3 is 14.6 Å². The second-order valence-corrected chi connectivity index (χ2v) is 5.89. The van der Waals surface area contributed by atoms with Gasteiger partial charge in [0.15, 0.2) is 0 Å². The van der Waals surface area contributed by atoms with Crippen LogP contribution in [-0.4, -0.2) is 34.7 Å². The molecule has 1 amide bonds. The maximum Gasteiger partial charge on any atom is 0.268 e. The highest BCUT2D eigenvalue weighted by Gasteiger charge is 2.19. The molecule has 1 fully saturated rings. The zero-order valence-corrected chi connectivity index (χ0v) is 13.5. The number of nitrogens with one attached hydrogen (secondary N) is 1. The van der Waals surface area contributed by atoms with Crippen molar-refractivity contribution in [1.82, 2.24) is 14.9 Å². The summed E-state index contributed by atoms with van der Waals surface area (Å²) in [5.74, 6) is -0.0331. The van der Waals surface area contributed by atoms with Gasteiger partial charge in [-0.15, -0.1) is 0 Å². The Bertz CT molecular complexity index is 646. The smallest absolute Gasteiger partial charge is 0.268 e. The van der Waals surface area contributed by atoms with Gasteiger partial charge in [-0.2, -0.15) is 0 Å².